The fourth-order valence-corrected chi connectivity index (χ4v) is 2.62. The first-order valence-electron chi connectivity index (χ1n) is 7.45. The van der Waals surface area contributed by atoms with Gasteiger partial charge in [0.05, 0.1) is 18.4 Å². The van der Waals surface area contributed by atoms with Crippen LogP contribution in [-0.2, 0) is 13.1 Å². The van der Waals surface area contributed by atoms with E-state index < -0.39 is 11.7 Å². The van der Waals surface area contributed by atoms with Crippen LogP contribution in [0, 0.1) is 5.82 Å². The van der Waals surface area contributed by atoms with E-state index in [1.807, 2.05) is 18.2 Å². The molecule has 3 nitrogen and oxygen atoms in total. The number of hydrogen-bond donors (Lipinski definition) is 0. The molecule has 0 aliphatic heterocycles. The Labute approximate surface area is 144 Å². The molecule has 5 heteroatoms. The van der Waals surface area contributed by atoms with Crippen LogP contribution in [0.3, 0.4) is 0 Å². The molecular formula is C19H15ClFNO2. The van der Waals surface area contributed by atoms with Gasteiger partial charge in [0.25, 0.3) is 5.91 Å². The summed E-state index contributed by atoms with van der Waals surface area (Å²) in [5, 5.41) is 0.559. The van der Waals surface area contributed by atoms with Crippen molar-refractivity contribution in [2.45, 2.75) is 13.1 Å². The minimum Gasteiger partial charge on any atom is -0.467 e. The maximum atomic E-state index is 14.0. The summed E-state index contributed by atoms with van der Waals surface area (Å²) < 4.78 is 19.3. The van der Waals surface area contributed by atoms with E-state index in [0.29, 0.717) is 10.8 Å². The molecule has 122 valence electrons. The minimum absolute atomic E-state index is 0.0242. The zero-order chi connectivity index (χ0) is 16.9. The lowest BCUT2D eigenvalue weighted by molar-refractivity contribution is 0.0713. The van der Waals surface area contributed by atoms with Gasteiger partial charge in [0.2, 0.25) is 0 Å². The van der Waals surface area contributed by atoms with E-state index in [2.05, 4.69) is 0 Å². The number of furan rings is 1. The van der Waals surface area contributed by atoms with Crippen LogP contribution in [-0.4, -0.2) is 10.8 Å². The molecule has 1 aromatic heterocycles. The quantitative estimate of drug-likeness (QED) is 0.659. The molecule has 3 aromatic rings. The molecule has 0 radical (unpaired) electrons. The lowest BCUT2D eigenvalue weighted by Crippen LogP contribution is -2.30. The van der Waals surface area contributed by atoms with Crippen LogP contribution >= 0.6 is 11.6 Å². The summed E-state index contributed by atoms with van der Waals surface area (Å²) in [6, 6.07) is 16.7. The van der Waals surface area contributed by atoms with Gasteiger partial charge < -0.3 is 9.32 Å². The predicted molar refractivity (Wildman–Crippen MR) is 90.1 cm³/mol. The Bertz CT molecular complexity index is 833. The SMILES string of the molecule is O=C(c1ccccc1F)N(Cc1ccco1)Cc1ccccc1Cl. The highest BCUT2D eigenvalue weighted by Gasteiger charge is 2.21. The van der Waals surface area contributed by atoms with Crippen molar-refractivity contribution in [1.82, 2.24) is 4.90 Å². The van der Waals surface area contributed by atoms with Crippen LogP contribution in [0.4, 0.5) is 4.39 Å². The van der Waals surface area contributed by atoms with E-state index in [9.17, 15) is 9.18 Å². The van der Waals surface area contributed by atoms with Crippen molar-refractivity contribution in [2.24, 2.45) is 0 Å². The Hall–Kier alpha value is -2.59. The van der Waals surface area contributed by atoms with E-state index in [4.69, 9.17) is 16.0 Å². The van der Waals surface area contributed by atoms with Crippen molar-refractivity contribution in [3.63, 3.8) is 0 Å². The Morgan fingerprint density at radius 2 is 1.75 bits per heavy atom. The van der Waals surface area contributed by atoms with Crippen LogP contribution in [0.1, 0.15) is 21.7 Å². The van der Waals surface area contributed by atoms with Gasteiger partial charge in [-0.15, -0.1) is 0 Å². The molecule has 1 amide bonds. The number of hydrogen-bond acceptors (Lipinski definition) is 2. The Kier molecular flexibility index (Phi) is 4.96. The molecule has 1 heterocycles. The molecule has 2 aromatic carbocycles. The van der Waals surface area contributed by atoms with Crippen LogP contribution in [0.2, 0.25) is 5.02 Å². The molecule has 0 unspecified atom stereocenters. The highest BCUT2D eigenvalue weighted by molar-refractivity contribution is 6.31. The van der Waals surface area contributed by atoms with Gasteiger partial charge >= 0.3 is 0 Å². The van der Waals surface area contributed by atoms with E-state index >= 15 is 0 Å². The summed E-state index contributed by atoms with van der Waals surface area (Å²) in [4.78, 5) is 14.3. The maximum absolute atomic E-state index is 14.0. The van der Waals surface area contributed by atoms with Crippen molar-refractivity contribution in [3.05, 3.63) is 94.7 Å². The third kappa shape index (κ3) is 3.66. The van der Waals surface area contributed by atoms with Gasteiger partial charge in [-0.05, 0) is 35.9 Å². The van der Waals surface area contributed by atoms with E-state index in [1.54, 1.807) is 30.3 Å². The Morgan fingerprint density at radius 1 is 1.00 bits per heavy atom. The van der Waals surface area contributed by atoms with Crippen LogP contribution in [0.15, 0.2) is 71.3 Å². The highest BCUT2D eigenvalue weighted by atomic mass is 35.5. The van der Waals surface area contributed by atoms with Crippen LogP contribution in [0.5, 0.6) is 0 Å². The molecule has 0 spiro atoms. The monoisotopic (exact) mass is 343 g/mol. The van der Waals surface area contributed by atoms with E-state index in [1.165, 1.54) is 23.3 Å². The third-order valence-electron chi connectivity index (χ3n) is 3.64. The maximum Gasteiger partial charge on any atom is 0.257 e. The standard InChI is InChI=1S/C19H15ClFNO2/c20-17-9-3-1-6-14(17)12-22(13-15-7-5-11-24-15)19(23)16-8-2-4-10-18(16)21/h1-11H,12-13H2. The normalized spacial score (nSPS) is 10.6. The summed E-state index contributed by atoms with van der Waals surface area (Å²) in [6.45, 7) is 0.485. The fourth-order valence-electron chi connectivity index (χ4n) is 2.43. The smallest absolute Gasteiger partial charge is 0.257 e. The zero-order valence-electron chi connectivity index (χ0n) is 12.8. The number of carbonyl (C=O) groups excluding carboxylic acids is 1. The molecular weight excluding hydrogens is 329 g/mol. The topological polar surface area (TPSA) is 33.5 Å². The lowest BCUT2D eigenvalue weighted by atomic mass is 10.1. The summed E-state index contributed by atoms with van der Waals surface area (Å²) in [5.41, 5.74) is 0.812. The number of rotatable bonds is 5. The Balaban J connectivity index is 1.91. The average molecular weight is 344 g/mol. The highest BCUT2D eigenvalue weighted by Crippen LogP contribution is 2.21. The van der Waals surface area contributed by atoms with Crippen molar-refractivity contribution in [1.29, 1.82) is 0 Å². The van der Waals surface area contributed by atoms with E-state index in [0.717, 1.165) is 5.56 Å². The second-order valence-electron chi connectivity index (χ2n) is 5.31. The number of carbonyl (C=O) groups is 1. The molecule has 3 rings (SSSR count). The number of halogens is 2. The number of nitrogens with zero attached hydrogens (tertiary/aromatic N) is 1. The molecule has 0 bridgehead atoms. The largest absolute Gasteiger partial charge is 0.467 e. The van der Waals surface area contributed by atoms with Crippen molar-refractivity contribution < 1.29 is 13.6 Å². The van der Waals surface area contributed by atoms with Gasteiger partial charge in [-0.1, -0.05) is 41.9 Å². The molecule has 0 aliphatic rings. The first kappa shape index (κ1) is 16.3. The Morgan fingerprint density at radius 3 is 2.46 bits per heavy atom. The summed E-state index contributed by atoms with van der Waals surface area (Å²) in [5.74, 6) is -0.345. The third-order valence-corrected chi connectivity index (χ3v) is 4.01. The van der Waals surface area contributed by atoms with Gasteiger partial charge in [0, 0.05) is 11.6 Å². The molecule has 0 saturated heterocycles. The van der Waals surface area contributed by atoms with Gasteiger partial charge in [-0.3, -0.25) is 4.79 Å². The number of benzene rings is 2. The first-order valence-corrected chi connectivity index (χ1v) is 7.82. The van der Waals surface area contributed by atoms with Crippen molar-refractivity contribution >= 4 is 17.5 Å². The van der Waals surface area contributed by atoms with Crippen molar-refractivity contribution in [3.8, 4) is 0 Å². The van der Waals surface area contributed by atoms with Crippen LogP contribution in [0.25, 0.3) is 0 Å². The van der Waals surface area contributed by atoms with E-state index in [-0.39, 0.29) is 18.7 Å². The fraction of sp³-hybridized carbons (Fsp3) is 0.105. The summed E-state index contributed by atoms with van der Waals surface area (Å²) >= 11 is 6.20. The van der Waals surface area contributed by atoms with Crippen molar-refractivity contribution in [2.75, 3.05) is 0 Å². The summed E-state index contributed by atoms with van der Waals surface area (Å²) in [7, 11) is 0. The molecule has 24 heavy (non-hydrogen) atoms. The molecule has 0 fully saturated rings. The first-order chi connectivity index (χ1) is 11.6. The number of amides is 1. The van der Waals surface area contributed by atoms with Gasteiger partial charge in [-0.2, -0.15) is 0 Å². The van der Waals surface area contributed by atoms with Gasteiger partial charge in [0.15, 0.2) is 0 Å². The zero-order valence-corrected chi connectivity index (χ0v) is 13.5. The predicted octanol–water partition coefficient (Wildman–Crippen LogP) is 4.91. The molecule has 0 N–H and O–H groups in total. The minimum atomic E-state index is -0.550. The van der Waals surface area contributed by atoms with Gasteiger partial charge in [0.1, 0.15) is 11.6 Å². The average Bonchev–Trinajstić information content (AvgIpc) is 3.09. The summed E-state index contributed by atoms with van der Waals surface area (Å²) in [6.07, 6.45) is 1.54. The van der Waals surface area contributed by atoms with Crippen LogP contribution < -0.4 is 0 Å². The van der Waals surface area contributed by atoms with Gasteiger partial charge in [-0.25, -0.2) is 4.39 Å². The second-order valence-corrected chi connectivity index (χ2v) is 5.72. The second kappa shape index (κ2) is 7.32. The molecule has 0 atom stereocenters. The molecule has 0 saturated carbocycles. The lowest BCUT2D eigenvalue weighted by Gasteiger charge is -2.22. The molecule has 0 aliphatic carbocycles.